The Kier molecular flexibility index (Phi) is 6.57. The van der Waals surface area contributed by atoms with Crippen LogP contribution in [-0.4, -0.2) is 22.2 Å². The van der Waals surface area contributed by atoms with E-state index in [9.17, 15) is 19.8 Å². The molecule has 28 heavy (non-hydrogen) atoms. The fourth-order valence-corrected chi connectivity index (χ4v) is 4.93. The van der Waals surface area contributed by atoms with Crippen molar-refractivity contribution < 1.29 is 19.8 Å². The molecule has 0 aromatic heterocycles. The standard InChI is InChI=1S/C20H12Cl2O4S2/c21-11-3-1-5-13(7-11)27-17-9-16(20(25)26)18(10-15(17)19(23)24)28-14-6-2-4-12(22)8-14/h1-10H,(H,23,24)(H,25,26). The highest BCUT2D eigenvalue weighted by Gasteiger charge is 2.20. The van der Waals surface area contributed by atoms with E-state index in [-0.39, 0.29) is 11.1 Å². The number of aromatic carboxylic acids is 2. The maximum Gasteiger partial charge on any atom is 0.336 e. The lowest BCUT2D eigenvalue weighted by Gasteiger charge is -2.12. The Morgan fingerprint density at radius 1 is 0.679 bits per heavy atom. The van der Waals surface area contributed by atoms with Gasteiger partial charge in [0.15, 0.2) is 0 Å². The molecular weight excluding hydrogens is 439 g/mol. The van der Waals surface area contributed by atoms with Gasteiger partial charge in [0.25, 0.3) is 0 Å². The van der Waals surface area contributed by atoms with Crippen molar-refractivity contribution in [1.29, 1.82) is 0 Å². The second kappa shape index (κ2) is 8.92. The van der Waals surface area contributed by atoms with E-state index >= 15 is 0 Å². The van der Waals surface area contributed by atoms with E-state index in [2.05, 4.69) is 0 Å². The van der Waals surface area contributed by atoms with Crippen LogP contribution in [0.5, 0.6) is 0 Å². The van der Waals surface area contributed by atoms with Gasteiger partial charge in [0, 0.05) is 29.6 Å². The molecule has 0 aliphatic heterocycles. The van der Waals surface area contributed by atoms with Gasteiger partial charge in [-0.1, -0.05) is 58.9 Å². The molecule has 8 heteroatoms. The van der Waals surface area contributed by atoms with E-state index in [1.807, 2.05) is 0 Å². The lowest BCUT2D eigenvalue weighted by molar-refractivity contribution is 0.0675. The van der Waals surface area contributed by atoms with Crippen LogP contribution in [0.25, 0.3) is 0 Å². The van der Waals surface area contributed by atoms with Gasteiger partial charge in [0.2, 0.25) is 0 Å². The van der Waals surface area contributed by atoms with E-state index in [1.54, 1.807) is 48.5 Å². The average molecular weight is 451 g/mol. The van der Waals surface area contributed by atoms with Crippen molar-refractivity contribution in [2.75, 3.05) is 0 Å². The number of halogens is 2. The minimum Gasteiger partial charge on any atom is -0.478 e. The van der Waals surface area contributed by atoms with Crippen LogP contribution in [0.3, 0.4) is 0 Å². The maximum atomic E-state index is 11.8. The van der Waals surface area contributed by atoms with Crippen molar-refractivity contribution in [3.63, 3.8) is 0 Å². The molecule has 0 atom stereocenters. The highest BCUT2D eigenvalue weighted by atomic mass is 35.5. The summed E-state index contributed by atoms with van der Waals surface area (Å²) in [6, 6.07) is 16.6. The molecule has 0 saturated carbocycles. The minimum absolute atomic E-state index is 0.0134. The summed E-state index contributed by atoms with van der Waals surface area (Å²) < 4.78 is 0. The number of carbonyl (C=O) groups is 2. The first-order valence-electron chi connectivity index (χ1n) is 7.85. The Labute approximate surface area is 179 Å². The number of carboxylic acids is 2. The molecule has 0 unspecified atom stereocenters. The van der Waals surface area contributed by atoms with Crippen LogP contribution in [0, 0.1) is 0 Å². The zero-order valence-electron chi connectivity index (χ0n) is 14.1. The number of rotatable bonds is 6. The van der Waals surface area contributed by atoms with Gasteiger partial charge in [0.1, 0.15) is 0 Å². The van der Waals surface area contributed by atoms with Crippen LogP contribution in [0.1, 0.15) is 20.7 Å². The third-order valence-electron chi connectivity index (χ3n) is 3.59. The zero-order chi connectivity index (χ0) is 20.3. The van der Waals surface area contributed by atoms with E-state index in [0.29, 0.717) is 29.6 Å². The van der Waals surface area contributed by atoms with E-state index in [0.717, 1.165) is 23.5 Å². The van der Waals surface area contributed by atoms with Crippen molar-refractivity contribution in [2.45, 2.75) is 19.6 Å². The highest BCUT2D eigenvalue weighted by Crippen LogP contribution is 2.38. The highest BCUT2D eigenvalue weighted by molar-refractivity contribution is 8.00. The van der Waals surface area contributed by atoms with Crippen LogP contribution in [0.15, 0.2) is 80.2 Å². The van der Waals surface area contributed by atoms with Gasteiger partial charge in [-0.3, -0.25) is 0 Å². The number of hydrogen-bond acceptors (Lipinski definition) is 4. The largest absolute Gasteiger partial charge is 0.478 e. The topological polar surface area (TPSA) is 74.6 Å². The first-order valence-corrected chi connectivity index (χ1v) is 10.2. The summed E-state index contributed by atoms with van der Waals surface area (Å²) >= 11 is 14.3. The molecule has 0 amide bonds. The maximum absolute atomic E-state index is 11.8. The molecule has 0 aliphatic carbocycles. The van der Waals surface area contributed by atoms with Gasteiger partial charge < -0.3 is 10.2 Å². The van der Waals surface area contributed by atoms with Crippen molar-refractivity contribution in [1.82, 2.24) is 0 Å². The molecule has 3 aromatic rings. The quantitative estimate of drug-likeness (QED) is 0.435. The van der Waals surface area contributed by atoms with E-state index in [4.69, 9.17) is 23.2 Å². The van der Waals surface area contributed by atoms with E-state index in [1.165, 1.54) is 12.1 Å². The summed E-state index contributed by atoms with van der Waals surface area (Å²) in [7, 11) is 0. The molecule has 2 N–H and O–H groups in total. The number of carboxylic acid groups (broad SMARTS) is 2. The zero-order valence-corrected chi connectivity index (χ0v) is 17.2. The molecule has 142 valence electrons. The van der Waals surface area contributed by atoms with Crippen LogP contribution < -0.4 is 0 Å². The lowest BCUT2D eigenvalue weighted by atomic mass is 10.1. The molecule has 4 nitrogen and oxygen atoms in total. The minimum atomic E-state index is -1.14. The van der Waals surface area contributed by atoms with Gasteiger partial charge in [0.05, 0.1) is 11.1 Å². The first kappa shape index (κ1) is 20.6. The lowest BCUT2D eigenvalue weighted by Crippen LogP contribution is -2.05. The predicted octanol–water partition coefficient (Wildman–Crippen LogP) is 6.69. The molecule has 3 rings (SSSR count). The van der Waals surface area contributed by atoms with Gasteiger partial charge in [-0.2, -0.15) is 0 Å². The average Bonchev–Trinajstić information content (AvgIpc) is 2.62. The third kappa shape index (κ3) is 5.02. The van der Waals surface area contributed by atoms with Crippen LogP contribution in [0.2, 0.25) is 10.0 Å². The molecule has 3 aromatic carbocycles. The Morgan fingerprint density at radius 3 is 1.39 bits per heavy atom. The van der Waals surface area contributed by atoms with Crippen LogP contribution in [-0.2, 0) is 0 Å². The van der Waals surface area contributed by atoms with Gasteiger partial charge in [-0.25, -0.2) is 9.59 Å². The number of hydrogen-bond donors (Lipinski definition) is 2. The Morgan fingerprint density at radius 2 is 1.07 bits per heavy atom. The summed E-state index contributed by atoms with van der Waals surface area (Å²) in [5.41, 5.74) is 0.0269. The van der Waals surface area contributed by atoms with Crippen LogP contribution >= 0.6 is 46.7 Å². The number of benzene rings is 3. The second-order valence-corrected chi connectivity index (χ2v) is 8.68. The molecule has 0 spiro atoms. The summed E-state index contributed by atoms with van der Waals surface area (Å²) in [5, 5.41) is 20.3. The molecule has 0 fully saturated rings. The molecule has 0 heterocycles. The summed E-state index contributed by atoms with van der Waals surface area (Å²) in [6.07, 6.45) is 0. The van der Waals surface area contributed by atoms with Crippen molar-refractivity contribution in [3.05, 3.63) is 81.8 Å². The first-order chi connectivity index (χ1) is 13.3. The monoisotopic (exact) mass is 450 g/mol. The SMILES string of the molecule is O=C(O)c1cc(Sc2cccc(Cl)c2)c(C(=O)O)cc1Sc1cccc(Cl)c1. The molecule has 0 saturated heterocycles. The van der Waals surface area contributed by atoms with Crippen molar-refractivity contribution in [3.8, 4) is 0 Å². The van der Waals surface area contributed by atoms with Crippen LogP contribution in [0.4, 0.5) is 0 Å². The normalized spacial score (nSPS) is 10.6. The van der Waals surface area contributed by atoms with Gasteiger partial charge in [-0.05, 0) is 48.5 Å². The smallest absolute Gasteiger partial charge is 0.336 e. The second-order valence-electron chi connectivity index (χ2n) is 5.57. The predicted molar refractivity (Wildman–Crippen MR) is 112 cm³/mol. The summed E-state index contributed by atoms with van der Waals surface area (Å²) in [6.45, 7) is 0. The summed E-state index contributed by atoms with van der Waals surface area (Å²) in [5.74, 6) is -2.29. The fourth-order valence-electron chi connectivity index (χ4n) is 2.38. The Hall–Kier alpha value is -2.12. The third-order valence-corrected chi connectivity index (χ3v) is 6.16. The molecule has 0 bridgehead atoms. The molecule has 0 radical (unpaired) electrons. The fraction of sp³-hybridized carbons (Fsp3) is 0. The van der Waals surface area contributed by atoms with Gasteiger partial charge in [-0.15, -0.1) is 0 Å². The Balaban J connectivity index is 2.07. The van der Waals surface area contributed by atoms with E-state index < -0.39 is 11.9 Å². The summed E-state index contributed by atoms with van der Waals surface area (Å²) in [4.78, 5) is 25.7. The van der Waals surface area contributed by atoms with Crippen molar-refractivity contribution >= 4 is 58.7 Å². The Bertz CT molecular complexity index is 985. The molecule has 0 aliphatic rings. The molecular formula is C20H12Cl2O4S2. The van der Waals surface area contributed by atoms with Crippen molar-refractivity contribution in [2.24, 2.45) is 0 Å². The van der Waals surface area contributed by atoms with Gasteiger partial charge >= 0.3 is 11.9 Å².